The number of rotatable bonds is 3. The lowest BCUT2D eigenvalue weighted by Crippen LogP contribution is -2.31. The van der Waals surface area contributed by atoms with E-state index in [1.807, 2.05) is 25.2 Å². The van der Waals surface area contributed by atoms with Crippen LogP contribution < -0.4 is 11.5 Å². The van der Waals surface area contributed by atoms with Crippen molar-refractivity contribution in [3.05, 3.63) is 23.8 Å². The normalized spacial score (nSPS) is 13.5. The van der Waals surface area contributed by atoms with Crippen LogP contribution in [0.4, 0.5) is 0 Å². The molecule has 0 heterocycles. The van der Waals surface area contributed by atoms with E-state index >= 15 is 0 Å². The molecule has 0 aromatic heterocycles. The highest BCUT2D eigenvalue weighted by Crippen LogP contribution is 1.99. The molecule has 0 aliphatic carbocycles. The molecule has 58 valence electrons. The highest BCUT2D eigenvalue weighted by molar-refractivity contribution is 5.22. The highest BCUT2D eigenvalue weighted by atomic mass is 14.8. The van der Waals surface area contributed by atoms with E-state index in [-0.39, 0.29) is 6.17 Å². The van der Waals surface area contributed by atoms with Crippen LogP contribution in [0.2, 0.25) is 0 Å². The maximum absolute atomic E-state index is 5.47. The fraction of sp³-hybridized carbons (Fsp3) is 0.500. The van der Waals surface area contributed by atoms with Crippen molar-refractivity contribution in [1.82, 2.24) is 0 Å². The topological polar surface area (TPSA) is 52.0 Å². The first kappa shape index (κ1) is 9.40. The smallest absolute Gasteiger partial charge is 0.0781 e. The van der Waals surface area contributed by atoms with Crippen LogP contribution >= 0.6 is 0 Å². The molecule has 0 saturated heterocycles. The first-order valence-corrected chi connectivity index (χ1v) is 3.56. The lowest BCUT2D eigenvalue weighted by Gasteiger charge is -2.04. The van der Waals surface area contributed by atoms with Gasteiger partial charge in [-0.2, -0.15) is 0 Å². The summed E-state index contributed by atoms with van der Waals surface area (Å²) in [5.41, 5.74) is 11.9. The monoisotopic (exact) mass is 140 g/mol. The van der Waals surface area contributed by atoms with E-state index < -0.39 is 0 Å². The van der Waals surface area contributed by atoms with Crippen molar-refractivity contribution < 1.29 is 0 Å². The van der Waals surface area contributed by atoms with Crippen molar-refractivity contribution in [1.29, 1.82) is 0 Å². The molecule has 0 unspecified atom stereocenters. The second kappa shape index (κ2) is 5.21. The van der Waals surface area contributed by atoms with Gasteiger partial charge < -0.3 is 11.5 Å². The SMILES string of the molecule is C/C=C\C(=C/CC)C(N)N. The summed E-state index contributed by atoms with van der Waals surface area (Å²) in [6.07, 6.45) is 6.55. The van der Waals surface area contributed by atoms with Crippen molar-refractivity contribution >= 4 is 0 Å². The fourth-order valence-electron chi connectivity index (χ4n) is 0.743. The quantitative estimate of drug-likeness (QED) is 0.456. The van der Waals surface area contributed by atoms with Gasteiger partial charge >= 0.3 is 0 Å². The van der Waals surface area contributed by atoms with Crippen LogP contribution in [0, 0.1) is 0 Å². The molecular formula is C8H16N2. The zero-order chi connectivity index (χ0) is 7.98. The Kier molecular flexibility index (Phi) is 4.89. The third-order valence-electron chi connectivity index (χ3n) is 1.18. The van der Waals surface area contributed by atoms with Gasteiger partial charge in [0.15, 0.2) is 0 Å². The third-order valence-corrected chi connectivity index (χ3v) is 1.18. The highest BCUT2D eigenvalue weighted by Gasteiger charge is 1.96. The summed E-state index contributed by atoms with van der Waals surface area (Å²) in [6.45, 7) is 4.01. The van der Waals surface area contributed by atoms with Crippen LogP contribution in [0.1, 0.15) is 20.3 Å². The maximum atomic E-state index is 5.47. The molecule has 0 aromatic carbocycles. The summed E-state index contributed by atoms with van der Waals surface area (Å²) < 4.78 is 0. The summed E-state index contributed by atoms with van der Waals surface area (Å²) >= 11 is 0. The van der Waals surface area contributed by atoms with Crippen LogP contribution in [0.15, 0.2) is 23.8 Å². The van der Waals surface area contributed by atoms with E-state index in [2.05, 4.69) is 6.92 Å². The van der Waals surface area contributed by atoms with Gasteiger partial charge in [-0.15, -0.1) is 0 Å². The zero-order valence-corrected chi connectivity index (χ0v) is 6.67. The summed E-state index contributed by atoms with van der Waals surface area (Å²) in [5.74, 6) is 0. The minimum Gasteiger partial charge on any atom is -0.312 e. The van der Waals surface area contributed by atoms with Gasteiger partial charge in [-0.3, -0.25) is 0 Å². The Labute approximate surface area is 62.6 Å². The van der Waals surface area contributed by atoms with E-state index in [9.17, 15) is 0 Å². The Morgan fingerprint density at radius 1 is 1.50 bits per heavy atom. The summed E-state index contributed by atoms with van der Waals surface area (Å²) in [7, 11) is 0. The van der Waals surface area contributed by atoms with E-state index in [4.69, 9.17) is 11.5 Å². The first-order valence-electron chi connectivity index (χ1n) is 3.56. The number of nitrogens with two attached hydrogens (primary N) is 2. The zero-order valence-electron chi connectivity index (χ0n) is 6.67. The number of allylic oxidation sites excluding steroid dienone is 2. The maximum Gasteiger partial charge on any atom is 0.0781 e. The molecule has 0 aliphatic rings. The molecular weight excluding hydrogens is 124 g/mol. The van der Waals surface area contributed by atoms with E-state index in [1.54, 1.807) is 0 Å². The van der Waals surface area contributed by atoms with Gasteiger partial charge in [0, 0.05) is 0 Å². The molecule has 0 bridgehead atoms. The first-order chi connectivity index (χ1) is 4.72. The van der Waals surface area contributed by atoms with Crippen molar-refractivity contribution in [2.45, 2.75) is 26.4 Å². The summed E-state index contributed by atoms with van der Waals surface area (Å²) in [4.78, 5) is 0. The van der Waals surface area contributed by atoms with E-state index in [0.717, 1.165) is 12.0 Å². The van der Waals surface area contributed by atoms with Gasteiger partial charge in [-0.05, 0) is 18.9 Å². The van der Waals surface area contributed by atoms with Crippen LogP contribution in [0.5, 0.6) is 0 Å². The van der Waals surface area contributed by atoms with Gasteiger partial charge in [0.05, 0.1) is 6.17 Å². The fourth-order valence-corrected chi connectivity index (χ4v) is 0.743. The van der Waals surface area contributed by atoms with Crippen LogP contribution in [0.25, 0.3) is 0 Å². The van der Waals surface area contributed by atoms with Crippen LogP contribution in [0.3, 0.4) is 0 Å². The lowest BCUT2D eigenvalue weighted by atomic mass is 10.1. The van der Waals surface area contributed by atoms with E-state index in [0.29, 0.717) is 0 Å². The van der Waals surface area contributed by atoms with Crippen LogP contribution in [-0.4, -0.2) is 6.17 Å². The predicted octanol–water partition coefficient (Wildman–Crippen LogP) is 1.14. The second-order valence-electron chi connectivity index (χ2n) is 2.14. The standard InChI is InChI=1S/C8H16N2/c1-3-5-7(6-4-2)8(9)10/h3,5-6,8H,4,9-10H2,1-2H3/b5-3-,7-6+. The van der Waals surface area contributed by atoms with Gasteiger partial charge in [0.1, 0.15) is 0 Å². The lowest BCUT2D eigenvalue weighted by molar-refractivity contribution is 0.832. The van der Waals surface area contributed by atoms with Gasteiger partial charge in [0.25, 0.3) is 0 Å². The number of hydrogen-bond acceptors (Lipinski definition) is 2. The van der Waals surface area contributed by atoms with Gasteiger partial charge in [0.2, 0.25) is 0 Å². The molecule has 10 heavy (non-hydrogen) atoms. The minimum absolute atomic E-state index is 0.337. The van der Waals surface area contributed by atoms with Crippen molar-refractivity contribution in [2.75, 3.05) is 0 Å². The van der Waals surface area contributed by atoms with E-state index in [1.165, 1.54) is 0 Å². The Morgan fingerprint density at radius 3 is 2.40 bits per heavy atom. The largest absolute Gasteiger partial charge is 0.312 e. The molecule has 0 atom stereocenters. The second-order valence-corrected chi connectivity index (χ2v) is 2.14. The Hall–Kier alpha value is -0.600. The van der Waals surface area contributed by atoms with Crippen molar-refractivity contribution in [3.8, 4) is 0 Å². The minimum atomic E-state index is -0.337. The molecule has 0 aliphatic heterocycles. The molecule has 0 rings (SSSR count). The molecule has 0 aromatic rings. The summed E-state index contributed by atoms with van der Waals surface area (Å²) in [5, 5.41) is 0. The molecule has 0 saturated carbocycles. The number of hydrogen-bond donors (Lipinski definition) is 2. The Morgan fingerprint density at radius 2 is 2.10 bits per heavy atom. The molecule has 0 fully saturated rings. The average Bonchev–Trinajstić information content (AvgIpc) is 1.87. The van der Waals surface area contributed by atoms with Gasteiger partial charge in [-0.25, -0.2) is 0 Å². The third kappa shape index (κ3) is 3.43. The van der Waals surface area contributed by atoms with Crippen molar-refractivity contribution in [3.63, 3.8) is 0 Å². The molecule has 0 amide bonds. The van der Waals surface area contributed by atoms with Crippen molar-refractivity contribution in [2.24, 2.45) is 11.5 Å². The molecule has 0 spiro atoms. The Bertz CT molecular complexity index is 134. The average molecular weight is 140 g/mol. The molecule has 0 radical (unpaired) electrons. The molecule has 2 nitrogen and oxygen atoms in total. The molecule has 4 N–H and O–H groups in total. The van der Waals surface area contributed by atoms with Gasteiger partial charge in [-0.1, -0.05) is 25.2 Å². The summed E-state index contributed by atoms with van der Waals surface area (Å²) in [6, 6.07) is 0. The Balaban J connectivity index is 4.11. The van der Waals surface area contributed by atoms with Crippen LogP contribution in [-0.2, 0) is 0 Å². The molecule has 2 heteroatoms. The predicted molar refractivity (Wildman–Crippen MR) is 45.4 cm³/mol.